The zero-order valence-electron chi connectivity index (χ0n) is 13.9. The number of nitrogens with one attached hydrogen (secondary N) is 1. The minimum absolute atomic E-state index is 0.0781. The number of ketones is 1. The highest BCUT2D eigenvalue weighted by atomic mass is 32.2. The van der Waals surface area contributed by atoms with E-state index in [1.165, 1.54) is 18.9 Å². The number of nitriles is 1. The monoisotopic (exact) mass is 348 g/mol. The van der Waals surface area contributed by atoms with Gasteiger partial charge in [-0.05, 0) is 24.6 Å². The fourth-order valence-electron chi connectivity index (χ4n) is 2.60. The summed E-state index contributed by atoms with van der Waals surface area (Å²) in [6, 6.07) is 16.9. The van der Waals surface area contributed by atoms with Crippen LogP contribution in [0.5, 0.6) is 5.75 Å². The number of carbonyl (C=O) groups excluding carboxylic acids is 1. The van der Waals surface area contributed by atoms with Gasteiger partial charge in [0.2, 0.25) is 5.78 Å². The van der Waals surface area contributed by atoms with Gasteiger partial charge in [-0.2, -0.15) is 5.26 Å². The molecule has 0 atom stereocenters. The number of thioether (sulfide) groups is 1. The lowest BCUT2D eigenvalue weighted by Crippen LogP contribution is -2.13. The largest absolute Gasteiger partial charge is 0.496 e. The van der Waals surface area contributed by atoms with Crippen LogP contribution in [0.15, 0.2) is 64.5 Å². The first-order valence-corrected chi connectivity index (χ1v) is 8.55. The molecule has 0 amide bonds. The van der Waals surface area contributed by atoms with E-state index < -0.39 is 0 Å². The zero-order valence-corrected chi connectivity index (χ0v) is 14.7. The normalized spacial score (nSPS) is 15.0. The summed E-state index contributed by atoms with van der Waals surface area (Å²) in [6.07, 6.45) is 0. The summed E-state index contributed by atoms with van der Waals surface area (Å²) in [5.41, 5.74) is 3.51. The molecule has 0 unspecified atom stereocenters. The third-order valence-corrected chi connectivity index (χ3v) is 4.79. The first kappa shape index (κ1) is 16.9. The highest BCUT2D eigenvalue weighted by molar-refractivity contribution is 8.06. The standard InChI is InChI=1S/C20H16N2O2S/c1-13-7-3-4-8-14(13)17-12-25-20(22-17)16(11-21)19(23)15-9-5-6-10-18(15)24-2/h3-10,12,22H,1-2H3/b20-16+. The van der Waals surface area contributed by atoms with Crippen LogP contribution in [0, 0.1) is 18.3 Å². The molecule has 0 fully saturated rings. The van der Waals surface area contributed by atoms with Crippen molar-refractivity contribution in [2.75, 3.05) is 7.11 Å². The van der Waals surface area contributed by atoms with Gasteiger partial charge in [-0.15, -0.1) is 0 Å². The van der Waals surface area contributed by atoms with Crippen molar-refractivity contribution in [3.63, 3.8) is 0 Å². The number of methoxy groups -OCH3 is 1. The van der Waals surface area contributed by atoms with Gasteiger partial charge in [-0.25, -0.2) is 0 Å². The van der Waals surface area contributed by atoms with Crippen molar-refractivity contribution in [2.45, 2.75) is 6.92 Å². The molecular formula is C20H16N2O2S. The lowest BCUT2D eigenvalue weighted by molar-refractivity contribution is 0.103. The van der Waals surface area contributed by atoms with Crippen LogP contribution in [-0.2, 0) is 0 Å². The van der Waals surface area contributed by atoms with Crippen LogP contribution in [0.2, 0.25) is 0 Å². The van der Waals surface area contributed by atoms with Crippen LogP contribution in [0.1, 0.15) is 21.5 Å². The van der Waals surface area contributed by atoms with Crippen molar-refractivity contribution < 1.29 is 9.53 Å². The second-order valence-corrected chi connectivity index (χ2v) is 6.31. The molecule has 2 aromatic carbocycles. The molecule has 0 aliphatic carbocycles. The lowest BCUT2D eigenvalue weighted by atomic mass is 10.0. The Bertz CT molecular complexity index is 939. The Morgan fingerprint density at radius 1 is 1.16 bits per heavy atom. The predicted molar refractivity (Wildman–Crippen MR) is 99.8 cm³/mol. The number of rotatable bonds is 4. The molecule has 124 valence electrons. The van der Waals surface area contributed by atoms with Gasteiger partial charge in [0.15, 0.2) is 0 Å². The SMILES string of the molecule is COc1ccccc1C(=O)/C(C#N)=C1\NC(c2ccccc2C)=CS1. The third kappa shape index (κ3) is 3.30. The van der Waals surface area contributed by atoms with E-state index in [1.54, 1.807) is 24.3 Å². The molecule has 3 rings (SSSR count). The Hall–Kier alpha value is -2.97. The summed E-state index contributed by atoms with van der Waals surface area (Å²) in [5.74, 6) is 0.102. The Labute approximate surface area is 150 Å². The van der Waals surface area contributed by atoms with E-state index in [9.17, 15) is 10.1 Å². The molecule has 0 saturated carbocycles. The average Bonchev–Trinajstić information content (AvgIpc) is 3.12. The molecule has 0 spiro atoms. The van der Waals surface area contributed by atoms with E-state index in [4.69, 9.17) is 4.74 Å². The summed E-state index contributed by atoms with van der Waals surface area (Å²) in [4.78, 5) is 12.8. The number of nitrogens with zero attached hydrogens (tertiary/aromatic N) is 1. The first-order chi connectivity index (χ1) is 12.2. The molecule has 1 aliphatic rings. The van der Waals surface area contributed by atoms with Gasteiger partial charge in [-0.3, -0.25) is 4.79 Å². The number of carbonyl (C=O) groups is 1. The van der Waals surface area contributed by atoms with E-state index in [-0.39, 0.29) is 11.4 Å². The minimum atomic E-state index is -0.352. The van der Waals surface area contributed by atoms with Crippen LogP contribution in [0.4, 0.5) is 0 Å². The van der Waals surface area contributed by atoms with Crippen molar-refractivity contribution in [1.82, 2.24) is 5.32 Å². The second-order valence-electron chi connectivity index (χ2n) is 5.43. The first-order valence-electron chi connectivity index (χ1n) is 7.67. The summed E-state index contributed by atoms with van der Waals surface area (Å²) >= 11 is 1.35. The molecule has 0 radical (unpaired) electrons. The molecule has 25 heavy (non-hydrogen) atoms. The zero-order chi connectivity index (χ0) is 17.8. The molecule has 0 aromatic heterocycles. The van der Waals surface area contributed by atoms with Crippen molar-refractivity contribution in [1.29, 1.82) is 5.26 Å². The second kappa shape index (κ2) is 7.29. The van der Waals surface area contributed by atoms with Gasteiger partial charge in [0.1, 0.15) is 17.4 Å². The quantitative estimate of drug-likeness (QED) is 0.508. The van der Waals surface area contributed by atoms with E-state index in [0.29, 0.717) is 16.3 Å². The number of para-hydroxylation sites is 1. The number of Topliss-reactive ketones (excluding diaryl/α,β-unsaturated/α-hetero) is 1. The molecule has 4 nitrogen and oxygen atoms in total. The lowest BCUT2D eigenvalue weighted by Gasteiger charge is -2.10. The summed E-state index contributed by atoms with van der Waals surface area (Å²) in [5, 5.41) is 15.2. The average molecular weight is 348 g/mol. The van der Waals surface area contributed by atoms with E-state index in [0.717, 1.165) is 16.8 Å². The van der Waals surface area contributed by atoms with Gasteiger partial charge >= 0.3 is 0 Å². The maximum atomic E-state index is 12.8. The smallest absolute Gasteiger partial charge is 0.209 e. The van der Waals surface area contributed by atoms with Crippen molar-refractivity contribution in [3.8, 4) is 11.8 Å². The molecule has 1 heterocycles. The van der Waals surface area contributed by atoms with Crippen LogP contribution in [0.3, 0.4) is 0 Å². The Kier molecular flexibility index (Phi) is 4.92. The fraction of sp³-hybridized carbons (Fsp3) is 0.100. The molecular weight excluding hydrogens is 332 g/mol. The van der Waals surface area contributed by atoms with Crippen LogP contribution < -0.4 is 10.1 Å². The number of hydrogen-bond donors (Lipinski definition) is 1. The van der Waals surface area contributed by atoms with Gasteiger partial charge in [-0.1, -0.05) is 48.2 Å². The van der Waals surface area contributed by atoms with E-state index in [1.807, 2.05) is 42.7 Å². The van der Waals surface area contributed by atoms with Crippen LogP contribution >= 0.6 is 11.8 Å². The van der Waals surface area contributed by atoms with Crippen molar-refractivity contribution in [2.24, 2.45) is 0 Å². The maximum absolute atomic E-state index is 12.8. The number of aryl methyl sites for hydroxylation is 1. The summed E-state index contributed by atoms with van der Waals surface area (Å²) in [6.45, 7) is 2.02. The summed E-state index contributed by atoms with van der Waals surface area (Å²) < 4.78 is 5.24. The van der Waals surface area contributed by atoms with E-state index in [2.05, 4.69) is 5.32 Å². The van der Waals surface area contributed by atoms with E-state index >= 15 is 0 Å². The van der Waals surface area contributed by atoms with Crippen molar-refractivity contribution >= 4 is 23.2 Å². The van der Waals surface area contributed by atoms with Gasteiger partial charge < -0.3 is 10.1 Å². The highest BCUT2D eigenvalue weighted by Crippen LogP contribution is 2.34. The third-order valence-electron chi connectivity index (χ3n) is 3.90. The number of allylic oxidation sites excluding steroid dienone is 1. The number of ether oxygens (including phenoxy) is 1. The molecule has 0 saturated heterocycles. The number of hydrogen-bond acceptors (Lipinski definition) is 5. The fourth-order valence-corrected chi connectivity index (χ4v) is 3.44. The molecule has 5 heteroatoms. The Morgan fingerprint density at radius 2 is 1.88 bits per heavy atom. The number of benzene rings is 2. The predicted octanol–water partition coefficient (Wildman–Crippen LogP) is 4.26. The molecule has 1 N–H and O–H groups in total. The van der Waals surface area contributed by atoms with Gasteiger partial charge in [0, 0.05) is 11.0 Å². The summed E-state index contributed by atoms with van der Waals surface area (Å²) in [7, 11) is 1.51. The highest BCUT2D eigenvalue weighted by Gasteiger charge is 2.24. The maximum Gasteiger partial charge on any atom is 0.209 e. The molecule has 0 bridgehead atoms. The minimum Gasteiger partial charge on any atom is -0.496 e. The van der Waals surface area contributed by atoms with Gasteiger partial charge in [0.05, 0.1) is 23.4 Å². The van der Waals surface area contributed by atoms with Crippen LogP contribution in [0.25, 0.3) is 5.70 Å². The molecule has 1 aliphatic heterocycles. The molecule has 2 aromatic rings. The van der Waals surface area contributed by atoms with Crippen molar-refractivity contribution in [3.05, 3.63) is 81.2 Å². The Morgan fingerprint density at radius 3 is 2.60 bits per heavy atom. The van der Waals surface area contributed by atoms with Gasteiger partial charge in [0.25, 0.3) is 0 Å². The topological polar surface area (TPSA) is 62.1 Å². The Balaban J connectivity index is 1.93. The van der Waals surface area contributed by atoms with Crippen LogP contribution in [-0.4, -0.2) is 12.9 Å².